The summed E-state index contributed by atoms with van der Waals surface area (Å²) in [4.78, 5) is 4.23. The Balaban J connectivity index is 3.06. The van der Waals surface area contributed by atoms with Crippen molar-refractivity contribution in [2.45, 2.75) is 26.2 Å². The Morgan fingerprint density at radius 1 is 1.36 bits per heavy atom. The first-order valence-corrected chi connectivity index (χ1v) is 3.72. The van der Waals surface area contributed by atoms with Crippen LogP contribution in [0.5, 0.6) is 0 Å². The molecule has 0 aliphatic rings. The summed E-state index contributed by atoms with van der Waals surface area (Å²) in [6.45, 7) is 6.36. The molecule has 0 bridgehead atoms. The van der Waals surface area contributed by atoms with Gasteiger partial charge >= 0.3 is 0 Å². The highest BCUT2D eigenvalue weighted by atomic mass is 14.7. The molecule has 0 saturated heterocycles. The predicted molar refractivity (Wildman–Crippen MR) is 47.3 cm³/mol. The van der Waals surface area contributed by atoms with Gasteiger partial charge in [-0.05, 0) is 12.1 Å². The molecule has 0 saturated carbocycles. The molecule has 0 aromatic carbocycles. The van der Waals surface area contributed by atoms with E-state index in [2.05, 4.69) is 25.8 Å². The Kier molecular flexibility index (Phi) is 1.85. The van der Waals surface area contributed by atoms with Gasteiger partial charge in [0.2, 0.25) is 0 Å². The van der Waals surface area contributed by atoms with E-state index in [4.69, 9.17) is 5.73 Å². The molecule has 1 aromatic heterocycles. The van der Waals surface area contributed by atoms with Crippen LogP contribution in [0.4, 0.5) is 5.69 Å². The lowest BCUT2D eigenvalue weighted by Crippen LogP contribution is -2.13. The van der Waals surface area contributed by atoms with E-state index in [-0.39, 0.29) is 5.41 Å². The largest absolute Gasteiger partial charge is 0.399 e. The van der Waals surface area contributed by atoms with Crippen molar-refractivity contribution >= 4 is 5.69 Å². The molecule has 1 aromatic rings. The van der Waals surface area contributed by atoms with Crippen molar-refractivity contribution in [2.24, 2.45) is 0 Å². The monoisotopic (exact) mass is 150 g/mol. The molecule has 1 heterocycles. The predicted octanol–water partition coefficient (Wildman–Crippen LogP) is 1.96. The standard InChI is InChI=1S/C9H14N2/c1-9(2,3)8-6-7(10)4-5-11-8/h4-6H,1-3H3,(H2,10,11). The number of nitrogens with zero attached hydrogens (tertiary/aromatic N) is 1. The summed E-state index contributed by atoms with van der Waals surface area (Å²) in [7, 11) is 0. The third kappa shape index (κ3) is 1.93. The molecule has 0 aliphatic carbocycles. The van der Waals surface area contributed by atoms with Crippen molar-refractivity contribution in [1.29, 1.82) is 0 Å². The number of hydrogen-bond donors (Lipinski definition) is 1. The van der Waals surface area contributed by atoms with Crippen LogP contribution in [0.1, 0.15) is 26.5 Å². The van der Waals surface area contributed by atoms with E-state index in [1.807, 2.05) is 6.07 Å². The van der Waals surface area contributed by atoms with Gasteiger partial charge in [-0.1, -0.05) is 20.8 Å². The van der Waals surface area contributed by atoms with Crippen LogP contribution in [-0.4, -0.2) is 4.98 Å². The van der Waals surface area contributed by atoms with E-state index >= 15 is 0 Å². The van der Waals surface area contributed by atoms with Crippen LogP contribution in [0.3, 0.4) is 0 Å². The van der Waals surface area contributed by atoms with E-state index in [1.54, 1.807) is 12.3 Å². The van der Waals surface area contributed by atoms with Crippen LogP contribution in [0.25, 0.3) is 0 Å². The van der Waals surface area contributed by atoms with Crippen LogP contribution < -0.4 is 5.73 Å². The molecule has 0 atom stereocenters. The quantitative estimate of drug-likeness (QED) is 0.614. The average molecular weight is 150 g/mol. The molecule has 0 unspecified atom stereocenters. The molecule has 2 N–H and O–H groups in total. The van der Waals surface area contributed by atoms with E-state index < -0.39 is 0 Å². The van der Waals surface area contributed by atoms with Gasteiger partial charge in [0.1, 0.15) is 0 Å². The number of pyridine rings is 1. The average Bonchev–Trinajstić information content (AvgIpc) is 1.86. The van der Waals surface area contributed by atoms with Gasteiger partial charge in [0.05, 0.1) is 0 Å². The SMILES string of the molecule is CC(C)(C)c1cc(N)ccn1. The molecule has 1 rings (SSSR count). The van der Waals surface area contributed by atoms with E-state index in [0.717, 1.165) is 11.4 Å². The fourth-order valence-corrected chi connectivity index (χ4v) is 0.857. The van der Waals surface area contributed by atoms with Gasteiger partial charge in [-0.15, -0.1) is 0 Å². The van der Waals surface area contributed by atoms with Gasteiger partial charge in [0.15, 0.2) is 0 Å². The minimum Gasteiger partial charge on any atom is -0.399 e. The Bertz CT molecular complexity index is 248. The third-order valence-electron chi connectivity index (χ3n) is 1.55. The summed E-state index contributed by atoms with van der Waals surface area (Å²) in [5.74, 6) is 0. The second-order valence-corrected chi connectivity index (χ2v) is 3.72. The lowest BCUT2D eigenvalue weighted by Gasteiger charge is -2.17. The molecule has 0 fully saturated rings. The van der Waals surface area contributed by atoms with Crippen LogP contribution >= 0.6 is 0 Å². The highest BCUT2D eigenvalue weighted by Gasteiger charge is 2.14. The number of hydrogen-bond acceptors (Lipinski definition) is 2. The van der Waals surface area contributed by atoms with Crippen molar-refractivity contribution in [3.63, 3.8) is 0 Å². The zero-order valence-corrected chi connectivity index (χ0v) is 7.26. The van der Waals surface area contributed by atoms with Gasteiger partial charge < -0.3 is 5.73 Å². The Morgan fingerprint density at radius 2 is 2.00 bits per heavy atom. The first-order chi connectivity index (χ1) is 5.00. The summed E-state index contributed by atoms with van der Waals surface area (Å²) in [5.41, 5.74) is 7.53. The Hall–Kier alpha value is -1.05. The van der Waals surface area contributed by atoms with Gasteiger partial charge in [-0.3, -0.25) is 4.98 Å². The maximum atomic E-state index is 5.62. The summed E-state index contributed by atoms with van der Waals surface area (Å²) >= 11 is 0. The first kappa shape index (κ1) is 8.05. The summed E-state index contributed by atoms with van der Waals surface area (Å²) in [6, 6.07) is 3.72. The molecule has 2 heteroatoms. The maximum absolute atomic E-state index is 5.62. The van der Waals surface area contributed by atoms with Crippen molar-refractivity contribution in [3.05, 3.63) is 24.0 Å². The highest BCUT2D eigenvalue weighted by Crippen LogP contribution is 2.20. The van der Waals surface area contributed by atoms with Crippen LogP contribution in [0, 0.1) is 0 Å². The molecule has 60 valence electrons. The second kappa shape index (κ2) is 2.53. The second-order valence-electron chi connectivity index (χ2n) is 3.72. The van der Waals surface area contributed by atoms with E-state index in [0.29, 0.717) is 0 Å². The number of nitrogens with two attached hydrogens (primary N) is 1. The molecule has 0 aliphatic heterocycles. The van der Waals surface area contributed by atoms with Crippen molar-refractivity contribution in [2.75, 3.05) is 5.73 Å². The van der Waals surface area contributed by atoms with Gasteiger partial charge in [0, 0.05) is 23.0 Å². The first-order valence-electron chi connectivity index (χ1n) is 3.72. The number of rotatable bonds is 0. The number of nitrogen functional groups attached to an aromatic ring is 1. The van der Waals surface area contributed by atoms with Crippen LogP contribution in [0.2, 0.25) is 0 Å². The fraction of sp³-hybridized carbons (Fsp3) is 0.444. The van der Waals surface area contributed by atoms with Crippen LogP contribution in [-0.2, 0) is 5.41 Å². The van der Waals surface area contributed by atoms with Gasteiger partial charge in [-0.2, -0.15) is 0 Å². The minimum absolute atomic E-state index is 0.0926. The van der Waals surface area contributed by atoms with Gasteiger partial charge in [0.25, 0.3) is 0 Å². The van der Waals surface area contributed by atoms with Crippen molar-refractivity contribution in [1.82, 2.24) is 4.98 Å². The Morgan fingerprint density at radius 3 is 2.36 bits per heavy atom. The number of anilines is 1. The topological polar surface area (TPSA) is 38.9 Å². The van der Waals surface area contributed by atoms with Crippen molar-refractivity contribution < 1.29 is 0 Å². The molecule has 0 amide bonds. The summed E-state index contributed by atoms with van der Waals surface area (Å²) in [5, 5.41) is 0. The molecular formula is C9H14N2. The fourth-order valence-electron chi connectivity index (χ4n) is 0.857. The molecule has 2 nitrogen and oxygen atoms in total. The molecule has 0 radical (unpaired) electrons. The molecular weight excluding hydrogens is 136 g/mol. The maximum Gasteiger partial charge on any atom is 0.0477 e. The molecule has 0 spiro atoms. The highest BCUT2D eigenvalue weighted by molar-refractivity contribution is 5.38. The molecule has 11 heavy (non-hydrogen) atoms. The lowest BCUT2D eigenvalue weighted by molar-refractivity contribution is 0.569. The van der Waals surface area contributed by atoms with Crippen molar-refractivity contribution in [3.8, 4) is 0 Å². The smallest absolute Gasteiger partial charge is 0.0477 e. The minimum atomic E-state index is 0.0926. The lowest BCUT2D eigenvalue weighted by atomic mass is 9.91. The van der Waals surface area contributed by atoms with E-state index in [9.17, 15) is 0 Å². The third-order valence-corrected chi connectivity index (χ3v) is 1.55. The Labute approximate surface area is 67.5 Å². The number of aromatic nitrogens is 1. The van der Waals surface area contributed by atoms with Crippen LogP contribution in [0.15, 0.2) is 18.3 Å². The zero-order valence-electron chi connectivity index (χ0n) is 7.26. The van der Waals surface area contributed by atoms with E-state index in [1.165, 1.54) is 0 Å². The summed E-state index contributed by atoms with van der Waals surface area (Å²) < 4.78 is 0. The normalized spacial score (nSPS) is 11.5. The zero-order chi connectivity index (χ0) is 8.48. The summed E-state index contributed by atoms with van der Waals surface area (Å²) in [6.07, 6.45) is 1.75. The van der Waals surface area contributed by atoms with Gasteiger partial charge in [-0.25, -0.2) is 0 Å².